The van der Waals surface area contributed by atoms with Crippen molar-refractivity contribution in [3.63, 3.8) is 0 Å². The smallest absolute Gasteiger partial charge is 0.0669 e. The summed E-state index contributed by atoms with van der Waals surface area (Å²) in [5.74, 6) is 2.42. The zero-order valence-corrected chi connectivity index (χ0v) is 11.0. The van der Waals surface area contributed by atoms with Crippen LogP contribution in [0.4, 0.5) is 0 Å². The highest BCUT2D eigenvalue weighted by Gasteiger charge is 2.04. The summed E-state index contributed by atoms with van der Waals surface area (Å²) in [6.45, 7) is 3.26. The SMILES string of the molecule is CCSCCCn1ccc2cccc(Cl)c21. The summed E-state index contributed by atoms with van der Waals surface area (Å²) in [4.78, 5) is 0. The number of fused-ring (bicyclic) bond motifs is 1. The highest BCUT2D eigenvalue weighted by atomic mass is 35.5. The molecule has 0 atom stereocenters. The van der Waals surface area contributed by atoms with Gasteiger partial charge in [0.15, 0.2) is 0 Å². The van der Waals surface area contributed by atoms with Crippen molar-refractivity contribution >= 4 is 34.3 Å². The Morgan fingerprint density at radius 3 is 3.00 bits per heavy atom. The normalized spacial score (nSPS) is 11.1. The number of halogens is 1. The van der Waals surface area contributed by atoms with Gasteiger partial charge in [-0.3, -0.25) is 0 Å². The van der Waals surface area contributed by atoms with E-state index in [1.807, 2.05) is 23.9 Å². The molecule has 1 heterocycles. The molecule has 0 saturated heterocycles. The van der Waals surface area contributed by atoms with E-state index in [0.29, 0.717) is 0 Å². The number of thioether (sulfide) groups is 1. The number of nitrogens with zero attached hydrogens (tertiary/aromatic N) is 1. The first-order chi connectivity index (χ1) is 7.83. The Hall–Kier alpha value is -0.600. The van der Waals surface area contributed by atoms with Crippen molar-refractivity contribution in [2.45, 2.75) is 19.9 Å². The van der Waals surface area contributed by atoms with E-state index in [1.54, 1.807) is 0 Å². The van der Waals surface area contributed by atoms with Crippen LogP contribution in [0.5, 0.6) is 0 Å². The standard InChI is InChI=1S/C13H16ClNS/c1-2-16-10-4-8-15-9-7-11-5-3-6-12(14)13(11)15/h3,5-7,9H,2,4,8,10H2,1H3. The zero-order valence-electron chi connectivity index (χ0n) is 9.45. The molecule has 3 heteroatoms. The van der Waals surface area contributed by atoms with Crippen molar-refractivity contribution in [1.82, 2.24) is 4.57 Å². The van der Waals surface area contributed by atoms with Crippen LogP contribution in [0.25, 0.3) is 10.9 Å². The van der Waals surface area contributed by atoms with Gasteiger partial charge in [-0.15, -0.1) is 0 Å². The monoisotopic (exact) mass is 253 g/mol. The van der Waals surface area contributed by atoms with Crippen molar-refractivity contribution in [2.75, 3.05) is 11.5 Å². The molecule has 2 rings (SSSR count). The van der Waals surface area contributed by atoms with E-state index in [4.69, 9.17) is 11.6 Å². The zero-order chi connectivity index (χ0) is 11.4. The number of para-hydroxylation sites is 1. The van der Waals surface area contributed by atoms with Crippen LogP contribution in [0.3, 0.4) is 0 Å². The molecule has 16 heavy (non-hydrogen) atoms. The molecular formula is C13H16ClNS. The van der Waals surface area contributed by atoms with Crippen molar-refractivity contribution in [2.24, 2.45) is 0 Å². The molecule has 1 nitrogen and oxygen atoms in total. The Morgan fingerprint density at radius 1 is 1.31 bits per heavy atom. The number of aryl methyl sites for hydroxylation is 1. The van der Waals surface area contributed by atoms with E-state index in [9.17, 15) is 0 Å². The predicted molar refractivity (Wildman–Crippen MR) is 74.6 cm³/mol. The van der Waals surface area contributed by atoms with E-state index in [0.717, 1.165) is 11.6 Å². The highest BCUT2D eigenvalue weighted by molar-refractivity contribution is 7.99. The van der Waals surface area contributed by atoms with Gasteiger partial charge in [0, 0.05) is 18.1 Å². The van der Waals surface area contributed by atoms with E-state index in [-0.39, 0.29) is 0 Å². The summed E-state index contributed by atoms with van der Waals surface area (Å²) < 4.78 is 2.26. The average Bonchev–Trinajstić information content (AvgIpc) is 2.69. The second-order valence-corrected chi connectivity index (χ2v) is 5.54. The summed E-state index contributed by atoms with van der Waals surface area (Å²) in [6.07, 6.45) is 3.33. The third-order valence-corrected chi connectivity index (χ3v) is 3.92. The van der Waals surface area contributed by atoms with Gasteiger partial charge in [0.1, 0.15) is 0 Å². The van der Waals surface area contributed by atoms with Crippen LogP contribution in [0.1, 0.15) is 13.3 Å². The van der Waals surface area contributed by atoms with Gasteiger partial charge in [0.2, 0.25) is 0 Å². The van der Waals surface area contributed by atoms with Gasteiger partial charge in [0.05, 0.1) is 10.5 Å². The minimum Gasteiger partial charge on any atom is -0.346 e. The third-order valence-electron chi connectivity index (χ3n) is 2.63. The minimum absolute atomic E-state index is 0.852. The van der Waals surface area contributed by atoms with Gasteiger partial charge < -0.3 is 4.57 Å². The maximum atomic E-state index is 6.22. The molecule has 0 amide bonds. The van der Waals surface area contributed by atoms with Gasteiger partial charge in [-0.1, -0.05) is 30.7 Å². The van der Waals surface area contributed by atoms with Gasteiger partial charge in [-0.25, -0.2) is 0 Å². The number of hydrogen-bond donors (Lipinski definition) is 0. The molecule has 0 saturated carbocycles. The molecule has 0 radical (unpaired) electrons. The van der Waals surface area contributed by atoms with Crippen LogP contribution in [0, 0.1) is 0 Å². The van der Waals surface area contributed by atoms with Gasteiger partial charge in [-0.2, -0.15) is 11.8 Å². The quantitative estimate of drug-likeness (QED) is 0.714. The molecule has 0 spiro atoms. The third kappa shape index (κ3) is 2.55. The average molecular weight is 254 g/mol. The molecule has 0 unspecified atom stereocenters. The lowest BCUT2D eigenvalue weighted by atomic mass is 10.2. The Balaban J connectivity index is 2.12. The summed E-state index contributed by atoms with van der Waals surface area (Å²) in [5.41, 5.74) is 1.17. The highest BCUT2D eigenvalue weighted by Crippen LogP contribution is 2.24. The lowest BCUT2D eigenvalue weighted by Crippen LogP contribution is -1.97. The first kappa shape index (κ1) is 11.9. The van der Waals surface area contributed by atoms with Crippen LogP contribution in [0.2, 0.25) is 5.02 Å². The molecule has 0 aliphatic carbocycles. The van der Waals surface area contributed by atoms with Crippen molar-refractivity contribution in [3.8, 4) is 0 Å². The number of aromatic nitrogens is 1. The van der Waals surface area contributed by atoms with Gasteiger partial charge >= 0.3 is 0 Å². The van der Waals surface area contributed by atoms with Crippen LogP contribution < -0.4 is 0 Å². The number of benzene rings is 1. The topological polar surface area (TPSA) is 4.93 Å². The Kier molecular flexibility index (Phi) is 4.19. The number of hydrogen-bond acceptors (Lipinski definition) is 1. The van der Waals surface area contributed by atoms with Gasteiger partial charge in [-0.05, 0) is 30.1 Å². The maximum Gasteiger partial charge on any atom is 0.0669 e. The van der Waals surface area contributed by atoms with Crippen molar-refractivity contribution < 1.29 is 0 Å². The molecule has 0 fully saturated rings. The first-order valence-electron chi connectivity index (χ1n) is 5.64. The number of rotatable bonds is 5. The van der Waals surface area contributed by atoms with Gasteiger partial charge in [0.25, 0.3) is 0 Å². The van der Waals surface area contributed by atoms with Crippen LogP contribution >= 0.6 is 23.4 Å². The van der Waals surface area contributed by atoms with E-state index >= 15 is 0 Å². The Bertz CT molecular complexity index is 464. The molecule has 0 N–H and O–H groups in total. The molecule has 0 bridgehead atoms. The second-order valence-electron chi connectivity index (χ2n) is 3.74. The van der Waals surface area contributed by atoms with Crippen molar-refractivity contribution in [1.29, 1.82) is 0 Å². The molecule has 0 aliphatic rings. The Morgan fingerprint density at radius 2 is 2.19 bits per heavy atom. The van der Waals surface area contributed by atoms with E-state index < -0.39 is 0 Å². The van der Waals surface area contributed by atoms with Crippen LogP contribution in [0.15, 0.2) is 30.5 Å². The fourth-order valence-corrected chi connectivity index (χ4v) is 2.79. The maximum absolute atomic E-state index is 6.22. The van der Waals surface area contributed by atoms with E-state index in [2.05, 4.69) is 29.8 Å². The second kappa shape index (κ2) is 5.65. The van der Waals surface area contributed by atoms with Crippen LogP contribution in [-0.4, -0.2) is 16.1 Å². The fourth-order valence-electron chi connectivity index (χ4n) is 1.88. The lowest BCUT2D eigenvalue weighted by Gasteiger charge is -2.06. The molecule has 86 valence electrons. The predicted octanol–water partition coefficient (Wildman–Crippen LogP) is 4.44. The molecule has 1 aromatic heterocycles. The lowest BCUT2D eigenvalue weighted by molar-refractivity contribution is 0.709. The fraction of sp³-hybridized carbons (Fsp3) is 0.385. The minimum atomic E-state index is 0.852. The Labute approximate surface area is 106 Å². The largest absolute Gasteiger partial charge is 0.346 e. The van der Waals surface area contributed by atoms with E-state index in [1.165, 1.54) is 28.8 Å². The molecule has 0 aliphatic heterocycles. The molecule has 1 aromatic carbocycles. The first-order valence-corrected chi connectivity index (χ1v) is 7.17. The molecule has 2 aromatic rings. The summed E-state index contributed by atoms with van der Waals surface area (Å²) >= 11 is 8.21. The summed E-state index contributed by atoms with van der Waals surface area (Å²) in [6, 6.07) is 8.20. The molecular weight excluding hydrogens is 238 g/mol. The van der Waals surface area contributed by atoms with Crippen molar-refractivity contribution in [3.05, 3.63) is 35.5 Å². The van der Waals surface area contributed by atoms with Crippen LogP contribution in [-0.2, 0) is 6.54 Å². The summed E-state index contributed by atoms with van der Waals surface area (Å²) in [5, 5.41) is 2.08. The summed E-state index contributed by atoms with van der Waals surface area (Å²) in [7, 11) is 0.